The van der Waals surface area contributed by atoms with Gasteiger partial charge in [0.15, 0.2) is 0 Å². The van der Waals surface area contributed by atoms with Crippen LogP contribution in [0.2, 0.25) is 0 Å². The molecule has 28 heavy (non-hydrogen) atoms. The van der Waals surface area contributed by atoms with Crippen molar-refractivity contribution < 1.29 is 19.2 Å². The van der Waals surface area contributed by atoms with Crippen LogP contribution in [0.15, 0.2) is 61.7 Å². The highest BCUT2D eigenvalue weighted by atomic mass is 79.9. The summed E-state index contributed by atoms with van der Waals surface area (Å²) in [6.07, 6.45) is 2.36. The third kappa shape index (κ3) is 3.85. The quantitative estimate of drug-likeness (QED) is 0.244. The van der Waals surface area contributed by atoms with Crippen molar-refractivity contribution in [3.8, 4) is 5.75 Å². The monoisotopic (exact) mass is 508 g/mol. The molecule has 9 nitrogen and oxygen atoms in total. The number of nitrogens with zero attached hydrogens (tertiary/aromatic N) is 4. The molecule has 1 aliphatic heterocycles. The van der Waals surface area contributed by atoms with Crippen molar-refractivity contribution >= 4 is 66.4 Å². The molecule has 1 heterocycles. The number of nitro benzene ring substituents is 1. The van der Waals surface area contributed by atoms with Gasteiger partial charge >= 0.3 is 0 Å². The Bertz CT molecular complexity index is 1030. The van der Waals surface area contributed by atoms with Crippen molar-refractivity contribution in [1.82, 2.24) is 0 Å². The van der Waals surface area contributed by atoms with Crippen molar-refractivity contribution in [3.05, 3.63) is 61.5 Å². The van der Waals surface area contributed by atoms with Gasteiger partial charge in [0, 0.05) is 30.4 Å². The molecule has 0 aromatic heterocycles. The van der Waals surface area contributed by atoms with Gasteiger partial charge in [-0.3, -0.25) is 19.7 Å². The molecule has 0 N–H and O–H groups in total. The summed E-state index contributed by atoms with van der Waals surface area (Å²) in [7, 11) is 1.40. The summed E-state index contributed by atoms with van der Waals surface area (Å²) in [5, 5.41) is 19.1. The second-order valence-corrected chi connectivity index (χ2v) is 7.13. The zero-order valence-corrected chi connectivity index (χ0v) is 17.3. The van der Waals surface area contributed by atoms with E-state index in [0.717, 1.165) is 4.90 Å². The van der Waals surface area contributed by atoms with E-state index in [4.69, 9.17) is 4.74 Å². The molecule has 0 fully saturated rings. The first-order valence-electron chi connectivity index (χ1n) is 7.61. The lowest BCUT2D eigenvalue weighted by Gasteiger charge is -2.17. The normalized spacial score (nSPS) is 13.6. The Morgan fingerprint density at radius 1 is 1.04 bits per heavy atom. The Balaban J connectivity index is 1.93. The van der Waals surface area contributed by atoms with Crippen LogP contribution in [0.1, 0.15) is 0 Å². The molecule has 2 aromatic rings. The molecule has 0 atom stereocenters. The van der Waals surface area contributed by atoms with Gasteiger partial charge in [0.25, 0.3) is 17.5 Å². The van der Waals surface area contributed by atoms with Gasteiger partial charge in [0.1, 0.15) is 11.4 Å². The van der Waals surface area contributed by atoms with Gasteiger partial charge < -0.3 is 4.74 Å². The van der Waals surface area contributed by atoms with Gasteiger partial charge in [0.05, 0.1) is 32.4 Å². The number of imide groups is 1. The van der Waals surface area contributed by atoms with E-state index >= 15 is 0 Å². The second kappa shape index (κ2) is 7.98. The highest BCUT2D eigenvalue weighted by molar-refractivity contribution is 9.11. The molecule has 0 spiro atoms. The fraction of sp³-hybridized carbons (Fsp3) is 0.0588. The predicted molar refractivity (Wildman–Crippen MR) is 107 cm³/mol. The number of rotatable bonds is 5. The number of hydrogen-bond acceptors (Lipinski definition) is 7. The smallest absolute Gasteiger partial charge is 0.271 e. The maximum Gasteiger partial charge on any atom is 0.271 e. The molecule has 0 unspecified atom stereocenters. The minimum absolute atomic E-state index is 0.0997. The Kier molecular flexibility index (Phi) is 5.66. The van der Waals surface area contributed by atoms with Crippen LogP contribution in [-0.2, 0) is 9.59 Å². The van der Waals surface area contributed by atoms with E-state index in [0.29, 0.717) is 26.0 Å². The van der Waals surface area contributed by atoms with Gasteiger partial charge in [-0.15, -0.1) is 5.11 Å². The van der Waals surface area contributed by atoms with Gasteiger partial charge in [-0.05, 0) is 44.0 Å². The lowest BCUT2D eigenvalue weighted by atomic mass is 10.2. The minimum Gasteiger partial charge on any atom is -0.494 e. The fourth-order valence-electron chi connectivity index (χ4n) is 2.41. The van der Waals surface area contributed by atoms with Crippen molar-refractivity contribution in [2.24, 2.45) is 10.2 Å². The first-order valence-corrected chi connectivity index (χ1v) is 9.19. The van der Waals surface area contributed by atoms with Gasteiger partial charge in [0.2, 0.25) is 0 Å². The van der Waals surface area contributed by atoms with Crippen LogP contribution in [0.5, 0.6) is 5.75 Å². The first-order chi connectivity index (χ1) is 13.3. The summed E-state index contributed by atoms with van der Waals surface area (Å²) < 4.78 is 6.05. The third-order valence-electron chi connectivity index (χ3n) is 3.69. The van der Waals surface area contributed by atoms with Crippen LogP contribution in [-0.4, -0.2) is 23.8 Å². The number of carbonyl (C=O) groups is 2. The number of benzene rings is 2. The maximum atomic E-state index is 11.9. The second-order valence-electron chi connectivity index (χ2n) is 5.42. The lowest BCUT2D eigenvalue weighted by molar-refractivity contribution is -0.385. The van der Waals surface area contributed by atoms with Crippen molar-refractivity contribution in [3.63, 3.8) is 0 Å². The number of halogens is 2. The molecule has 3 rings (SSSR count). The van der Waals surface area contributed by atoms with Crippen LogP contribution < -0.4 is 9.64 Å². The topological polar surface area (TPSA) is 114 Å². The Morgan fingerprint density at radius 2 is 1.64 bits per heavy atom. The van der Waals surface area contributed by atoms with E-state index in [1.54, 1.807) is 6.07 Å². The van der Waals surface area contributed by atoms with Gasteiger partial charge in [-0.2, -0.15) is 5.11 Å². The van der Waals surface area contributed by atoms with Crippen LogP contribution in [0, 0.1) is 10.1 Å². The lowest BCUT2D eigenvalue weighted by Crippen LogP contribution is -2.29. The number of azo groups is 1. The van der Waals surface area contributed by atoms with E-state index in [1.807, 2.05) is 0 Å². The molecule has 0 saturated carbocycles. The summed E-state index contributed by atoms with van der Waals surface area (Å²) in [5.41, 5.74) is 0.948. The van der Waals surface area contributed by atoms with E-state index in [1.165, 1.54) is 43.5 Å². The number of anilines is 1. The van der Waals surface area contributed by atoms with Crippen LogP contribution in [0.3, 0.4) is 0 Å². The average molecular weight is 510 g/mol. The number of amides is 2. The van der Waals surface area contributed by atoms with Crippen LogP contribution in [0.25, 0.3) is 0 Å². The summed E-state index contributed by atoms with van der Waals surface area (Å²) >= 11 is 6.47. The van der Waals surface area contributed by atoms with Crippen LogP contribution in [0.4, 0.5) is 22.7 Å². The summed E-state index contributed by atoms with van der Waals surface area (Å²) in [4.78, 5) is 35.1. The third-order valence-corrected chi connectivity index (χ3v) is 4.90. The molecular formula is C17H10Br2N4O5. The molecule has 0 aliphatic carbocycles. The Morgan fingerprint density at radius 3 is 2.18 bits per heavy atom. The standard InChI is InChI=1S/C17H10Br2N4O5/c1-28-14-6-9(2-3-13(14)22-15(24)4-5-16(22)25)20-21-17-11(18)7-10(23(26)27)8-12(17)19/h2-8H,1H3. The van der Waals surface area contributed by atoms with Gasteiger partial charge in [-0.25, -0.2) is 4.90 Å². The number of methoxy groups -OCH3 is 1. The Labute approximate surface area is 175 Å². The molecule has 2 amide bonds. The number of nitro groups is 1. The highest BCUT2D eigenvalue weighted by Crippen LogP contribution is 2.39. The molecule has 1 aliphatic rings. The SMILES string of the molecule is COc1cc(N=Nc2c(Br)cc([N+](=O)[O-])cc2Br)ccc1N1C(=O)C=CC1=O. The largest absolute Gasteiger partial charge is 0.494 e. The fourth-order valence-corrected chi connectivity index (χ4v) is 3.73. The first kappa shape index (κ1) is 19.8. The zero-order chi connectivity index (χ0) is 20.4. The van der Waals surface area contributed by atoms with Crippen molar-refractivity contribution in [2.75, 3.05) is 12.0 Å². The number of hydrogen-bond donors (Lipinski definition) is 0. The molecule has 0 bridgehead atoms. The Hall–Kier alpha value is -2.92. The highest BCUT2D eigenvalue weighted by Gasteiger charge is 2.27. The summed E-state index contributed by atoms with van der Waals surface area (Å²) in [6, 6.07) is 7.25. The maximum absolute atomic E-state index is 11.9. The number of non-ortho nitro benzene ring substituents is 1. The number of ether oxygens (including phenoxy) is 1. The van der Waals surface area contributed by atoms with Crippen LogP contribution >= 0.6 is 31.9 Å². The average Bonchev–Trinajstić information content (AvgIpc) is 2.99. The van der Waals surface area contributed by atoms with Crippen molar-refractivity contribution in [2.45, 2.75) is 0 Å². The van der Waals surface area contributed by atoms with E-state index in [9.17, 15) is 19.7 Å². The van der Waals surface area contributed by atoms with Crippen molar-refractivity contribution in [1.29, 1.82) is 0 Å². The summed E-state index contributed by atoms with van der Waals surface area (Å²) in [6.45, 7) is 0. The molecule has 142 valence electrons. The van der Waals surface area contributed by atoms with Gasteiger partial charge in [-0.1, -0.05) is 0 Å². The molecule has 0 saturated heterocycles. The zero-order valence-electron chi connectivity index (χ0n) is 14.1. The predicted octanol–water partition coefficient (Wildman–Crippen LogP) is 4.97. The molecule has 0 radical (unpaired) electrons. The minimum atomic E-state index is -0.518. The summed E-state index contributed by atoms with van der Waals surface area (Å²) in [5.74, 6) is -0.656. The molecule has 11 heteroatoms. The van der Waals surface area contributed by atoms with E-state index < -0.39 is 16.7 Å². The molecule has 2 aromatic carbocycles. The number of carbonyl (C=O) groups excluding carboxylic acids is 2. The van der Waals surface area contributed by atoms with E-state index in [2.05, 4.69) is 42.1 Å². The van der Waals surface area contributed by atoms with E-state index in [-0.39, 0.29) is 11.4 Å². The molecular weight excluding hydrogens is 500 g/mol.